The van der Waals surface area contributed by atoms with E-state index in [2.05, 4.69) is 29.3 Å². The van der Waals surface area contributed by atoms with Crippen LogP contribution in [0.15, 0.2) is 16.5 Å². The van der Waals surface area contributed by atoms with Crippen molar-refractivity contribution in [2.45, 2.75) is 51.6 Å². The molecule has 3 heteroatoms. The van der Waals surface area contributed by atoms with Crippen molar-refractivity contribution in [2.75, 3.05) is 19.6 Å². The smallest absolute Gasteiger partial charge is 0.118 e. The average molecular weight is 262 g/mol. The lowest BCUT2D eigenvalue weighted by Crippen LogP contribution is -2.42. The van der Waals surface area contributed by atoms with E-state index < -0.39 is 0 Å². The third kappa shape index (κ3) is 3.83. The molecule has 1 aliphatic heterocycles. The fourth-order valence-corrected chi connectivity index (χ4v) is 2.87. The molecule has 106 valence electrons. The molecule has 3 nitrogen and oxygen atoms in total. The van der Waals surface area contributed by atoms with Crippen molar-refractivity contribution in [1.82, 2.24) is 10.2 Å². The van der Waals surface area contributed by atoms with Crippen LogP contribution in [0, 0.1) is 5.92 Å². The minimum absolute atomic E-state index is 0.750. The van der Waals surface area contributed by atoms with Crippen molar-refractivity contribution in [3.8, 4) is 0 Å². The van der Waals surface area contributed by atoms with Gasteiger partial charge in [-0.25, -0.2) is 0 Å². The van der Waals surface area contributed by atoms with E-state index in [4.69, 9.17) is 4.42 Å². The second-order valence-electron chi connectivity index (χ2n) is 6.12. The first-order chi connectivity index (χ1) is 9.33. The summed E-state index contributed by atoms with van der Waals surface area (Å²) in [5.74, 6) is 3.23. The summed E-state index contributed by atoms with van der Waals surface area (Å²) in [5.41, 5.74) is 0. The molecular weight excluding hydrogens is 236 g/mol. The Morgan fingerprint density at radius 3 is 2.53 bits per heavy atom. The summed E-state index contributed by atoms with van der Waals surface area (Å²) < 4.78 is 5.79. The molecule has 0 spiro atoms. The Labute approximate surface area is 116 Å². The van der Waals surface area contributed by atoms with E-state index >= 15 is 0 Å². The quantitative estimate of drug-likeness (QED) is 0.854. The maximum atomic E-state index is 5.79. The summed E-state index contributed by atoms with van der Waals surface area (Å²) in [6, 6.07) is 5.00. The molecule has 1 aliphatic carbocycles. The monoisotopic (exact) mass is 262 g/mol. The van der Waals surface area contributed by atoms with Gasteiger partial charge in [0.15, 0.2) is 0 Å². The predicted octanol–water partition coefficient (Wildman–Crippen LogP) is 2.81. The summed E-state index contributed by atoms with van der Waals surface area (Å²) in [6.07, 6.45) is 6.46. The topological polar surface area (TPSA) is 28.4 Å². The fraction of sp³-hybridized carbons (Fsp3) is 0.750. The Morgan fingerprint density at radius 1 is 1.16 bits per heavy atom. The van der Waals surface area contributed by atoms with Gasteiger partial charge in [0, 0.05) is 25.6 Å². The molecule has 1 aromatic rings. The number of aryl methyl sites for hydroxylation is 1. The van der Waals surface area contributed by atoms with Crippen LogP contribution in [0.1, 0.15) is 44.1 Å². The zero-order chi connectivity index (χ0) is 13.1. The van der Waals surface area contributed by atoms with Crippen molar-refractivity contribution in [3.63, 3.8) is 0 Å². The van der Waals surface area contributed by atoms with Gasteiger partial charge >= 0.3 is 0 Å². The summed E-state index contributed by atoms with van der Waals surface area (Å²) >= 11 is 0. The van der Waals surface area contributed by atoms with Gasteiger partial charge < -0.3 is 9.73 Å². The van der Waals surface area contributed by atoms with Crippen molar-refractivity contribution < 1.29 is 4.42 Å². The lowest BCUT2D eigenvalue weighted by molar-refractivity contribution is 0.177. The van der Waals surface area contributed by atoms with Gasteiger partial charge in [-0.15, -0.1) is 0 Å². The minimum Gasteiger partial charge on any atom is -0.465 e. The normalized spacial score (nSPS) is 21.9. The Kier molecular flexibility index (Phi) is 4.24. The molecule has 19 heavy (non-hydrogen) atoms. The molecule has 2 aliphatic rings. The molecule has 1 saturated heterocycles. The summed E-state index contributed by atoms with van der Waals surface area (Å²) in [4.78, 5) is 2.52. The van der Waals surface area contributed by atoms with E-state index in [1.807, 2.05) is 0 Å². The first-order valence-electron chi connectivity index (χ1n) is 7.87. The fourth-order valence-electron chi connectivity index (χ4n) is 2.87. The van der Waals surface area contributed by atoms with Crippen LogP contribution in [0.5, 0.6) is 0 Å². The first-order valence-corrected chi connectivity index (χ1v) is 7.87. The number of hydrogen-bond donors (Lipinski definition) is 1. The number of hydrogen-bond acceptors (Lipinski definition) is 3. The largest absolute Gasteiger partial charge is 0.465 e. The van der Waals surface area contributed by atoms with Gasteiger partial charge in [-0.3, -0.25) is 4.90 Å². The van der Waals surface area contributed by atoms with Crippen LogP contribution in [0.4, 0.5) is 0 Å². The maximum Gasteiger partial charge on any atom is 0.118 e. The van der Waals surface area contributed by atoms with E-state index in [-0.39, 0.29) is 0 Å². The highest BCUT2D eigenvalue weighted by molar-refractivity contribution is 5.07. The molecule has 2 fully saturated rings. The van der Waals surface area contributed by atoms with Gasteiger partial charge in [-0.2, -0.15) is 0 Å². The van der Waals surface area contributed by atoms with E-state index in [1.54, 1.807) is 0 Å². The SMILES string of the molecule is CCc1ccc(CN2CCC(NCC3CC3)CC2)o1. The molecule has 0 unspecified atom stereocenters. The second-order valence-corrected chi connectivity index (χ2v) is 6.12. The van der Waals surface area contributed by atoms with E-state index in [1.165, 1.54) is 45.3 Å². The zero-order valence-electron chi connectivity index (χ0n) is 12.0. The van der Waals surface area contributed by atoms with Crippen LogP contribution >= 0.6 is 0 Å². The van der Waals surface area contributed by atoms with Crippen molar-refractivity contribution in [3.05, 3.63) is 23.7 Å². The van der Waals surface area contributed by atoms with Gasteiger partial charge in [0.1, 0.15) is 11.5 Å². The highest BCUT2D eigenvalue weighted by atomic mass is 16.3. The van der Waals surface area contributed by atoms with Crippen LogP contribution < -0.4 is 5.32 Å². The summed E-state index contributed by atoms with van der Waals surface area (Å²) in [7, 11) is 0. The van der Waals surface area contributed by atoms with Crippen LogP contribution in [0.3, 0.4) is 0 Å². The molecule has 2 heterocycles. The Hall–Kier alpha value is -0.800. The molecule has 1 N–H and O–H groups in total. The molecule has 3 rings (SSSR count). The van der Waals surface area contributed by atoms with Crippen molar-refractivity contribution in [2.24, 2.45) is 5.92 Å². The summed E-state index contributed by atoms with van der Waals surface area (Å²) in [6.45, 7) is 6.77. The number of likely N-dealkylation sites (tertiary alicyclic amines) is 1. The lowest BCUT2D eigenvalue weighted by Gasteiger charge is -2.31. The zero-order valence-corrected chi connectivity index (χ0v) is 12.0. The molecule has 0 atom stereocenters. The highest BCUT2D eigenvalue weighted by Crippen LogP contribution is 2.28. The summed E-state index contributed by atoms with van der Waals surface area (Å²) in [5, 5.41) is 3.73. The molecule has 1 aromatic heterocycles. The average Bonchev–Trinajstić information content (AvgIpc) is 3.17. The molecule has 0 aromatic carbocycles. The molecule has 0 radical (unpaired) electrons. The highest BCUT2D eigenvalue weighted by Gasteiger charge is 2.24. The molecule has 1 saturated carbocycles. The van der Waals surface area contributed by atoms with Crippen LogP contribution in [-0.2, 0) is 13.0 Å². The number of piperidine rings is 1. The second kappa shape index (κ2) is 6.10. The van der Waals surface area contributed by atoms with Gasteiger partial charge in [0.05, 0.1) is 6.54 Å². The standard InChI is InChI=1S/C16H26N2O/c1-2-15-5-6-16(19-15)12-18-9-7-14(8-10-18)17-11-13-3-4-13/h5-6,13-14,17H,2-4,7-12H2,1H3. The Morgan fingerprint density at radius 2 is 1.89 bits per heavy atom. The van der Waals surface area contributed by atoms with E-state index in [0.29, 0.717) is 0 Å². The van der Waals surface area contributed by atoms with Crippen molar-refractivity contribution in [1.29, 1.82) is 0 Å². The lowest BCUT2D eigenvalue weighted by atomic mass is 10.0. The maximum absolute atomic E-state index is 5.79. The predicted molar refractivity (Wildman–Crippen MR) is 77.1 cm³/mol. The molecule has 0 bridgehead atoms. The van der Waals surface area contributed by atoms with Gasteiger partial charge in [-0.05, 0) is 50.3 Å². The van der Waals surface area contributed by atoms with Crippen LogP contribution in [0.2, 0.25) is 0 Å². The van der Waals surface area contributed by atoms with Gasteiger partial charge in [0.2, 0.25) is 0 Å². The van der Waals surface area contributed by atoms with Crippen LogP contribution in [0.25, 0.3) is 0 Å². The minimum atomic E-state index is 0.750. The van der Waals surface area contributed by atoms with Crippen molar-refractivity contribution >= 4 is 0 Å². The number of nitrogens with one attached hydrogen (secondary N) is 1. The third-order valence-corrected chi connectivity index (χ3v) is 4.42. The van der Waals surface area contributed by atoms with Crippen LogP contribution in [-0.4, -0.2) is 30.6 Å². The Bertz CT molecular complexity index is 389. The van der Waals surface area contributed by atoms with E-state index in [0.717, 1.165) is 36.4 Å². The van der Waals surface area contributed by atoms with Gasteiger partial charge in [-0.1, -0.05) is 6.92 Å². The number of furan rings is 1. The van der Waals surface area contributed by atoms with Gasteiger partial charge in [0.25, 0.3) is 0 Å². The first kappa shape index (κ1) is 13.2. The molecular formula is C16H26N2O. The molecule has 0 amide bonds. The number of rotatable bonds is 6. The Balaban J connectivity index is 1.39. The van der Waals surface area contributed by atoms with E-state index in [9.17, 15) is 0 Å². The third-order valence-electron chi connectivity index (χ3n) is 4.42. The number of nitrogens with zero attached hydrogens (tertiary/aromatic N) is 1.